The van der Waals surface area contributed by atoms with Crippen molar-refractivity contribution in [2.45, 2.75) is 114 Å². The van der Waals surface area contributed by atoms with Crippen molar-refractivity contribution in [3.05, 3.63) is 42.5 Å². The van der Waals surface area contributed by atoms with E-state index < -0.39 is 30.4 Å². The van der Waals surface area contributed by atoms with Crippen LogP contribution in [-0.2, 0) is 28.5 Å². The predicted molar refractivity (Wildman–Crippen MR) is 156 cm³/mol. The fourth-order valence-electron chi connectivity index (χ4n) is 6.17. The van der Waals surface area contributed by atoms with Gasteiger partial charge in [0, 0.05) is 19.6 Å². The second-order valence-electron chi connectivity index (χ2n) is 11.7. The van der Waals surface area contributed by atoms with Crippen LogP contribution in [0.3, 0.4) is 0 Å². The Labute approximate surface area is 250 Å². The number of aliphatic hydroxyl groups excluding tert-OH is 2. The van der Waals surface area contributed by atoms with Gasteiger partial charge in [0.2, 0.25) is 0 Å². The Morgan fingerprint density at radius 3 is 2.31 bits per heavy atom. The van der Waals surface area contributed by atoms with Gasteiger partial charge in [-0.05, 0) is 101 Å². The predicted octanol–water partition coefficient (Wildman–Crippen LogP) is 5.28. The highest BCUT2D eigenvalue weighted by Crippen LogP contribution is 2.38. The summed E-state index contributed by atoms with van der Waals surface area (Å²) >= 11 is 0. The number of esters is 1. The molecule has 0 aromatic heterocycles. The van der Waals surface area contributed by atoms with Crippen LogP contribution < -0.4 is 4.74 Å². The summed E-state index contributed by atoms with van der Waals surface area (Å²) in [6.45, 7) is 1.72. The van der Waals surface area contributed by atoms with Crippen molar-refractivity contribution in [1.29, 1.82) is 0 Å². The van der Waals surface area contributed by atoms with Crippen molar-refractivity contribution in [2.24, 2.45) is 11.8 Å². The zero-order valence-corrected chi connectivity index (χ0v) is 25.1. The Morgan fingerprint density at radius 1 is 1.00 bits per heavy atom. The van der Waals surface area contributed by atoms with Gasteiger partial charge in [-0.25, -0.2) is 4.79 Å². The van der Waals surface area contributed by atoms with Gasteiger partial charge in [0.25, 0.3) is 5.79 Å². The number of hydrogen-bond donors (Lipinski definition) is 2. The molecule has 1 aromatic rings. The Bertz CT molecular complexity index is 907. The summed E-state index contributed by atoms with van der Waals surface area (Å²) in [4.78, 5) is 13.2. The zero-order valence-electron chi connectivity index (χ0n) is 25.1. The van der Waals surface area contributed by atoms with E-state index >= 15 is 0 Å². The average molecular weight is 591 g/mol. The highest BCUT2D eigenvalue weighted by Gasteiger charge is 2.47. The van der Waals surface area contributed by atoms with Crippen LogP contribution in [0, 0.1) is 11.8 Å². The summed E-state index contributed by atoms with van der Waals surface area (Å²) in [6, 6.07) is 9.76. The first kappa shape index (κ1) is 32.9. The van der Waals surface area contributed by atoms with Gasteiger partial charge in [-0.15, -0.1) is 0 Å². The summed E-state index contributed by atoms with van der Waals surface area (Å²) in [5.74, 6) is -1.17. The highest BCUT2D eigenvalue weighted by atomic mass is 16.8. The Morgan fingerprint density at radius 2 is 1.69 bits per heavy atom. The van der Waals surface area contributed by atoms with Crippen molar-refractivity contribution < 1.29 is 43.4 Å². The molecule has 0 spiro atoms. The summed E-state index contributed by atoms with van der Waals surface area (Å²) in [5.41, 5.74) is 0. The van der Waals surface area contributed by atoms with Crippen molar-refractivity contribution >= 4 is 5.97 Å². The molecule has 236 valence electrons. The highest BCUT2D eigenvalue weighted by molar-refractivity contribution is 5.77. The molecule has 2 saturated heterocycles. The van der Waals surface area contributed by atoms with Crippen LogP contribution in [0.1, 0.15) is 83.5 Å². The fourth-order valence-corrected chi connectivity index (χ4v) is 6.17. The lowest BCUT2D eigenvalue weighted by Gasteiger charge is -2.39. The maximum atomic E-state index is 13.2. The van der Waals surface area contributed by atoms with E-state index in [9.17, 15) is 15.0 Å². The third-order valence-corrected chi connectivity index (χ3v) is 8.58. The van der Waals surface area contributed by atoms with Crippen molar-refractivity contribution in [3.63, 3.8) is 0 Å². The molecule has 9 nitrogen and oxygen atoms in total. The molecule has 3 fully saturated rings. The van der Waals surface area contributed by atoms with Crippen LogP contribution in [0.4, 0.5) is 0 Å². The van der Waals surface area contributed by atoms with Crippen LogP contribution in [-0.4, -0.2) is 73.7 Å². The van der Waals surface area contributed by atoms with Crippen LogP contribution in [0.15, 0.2) is 42.5 Å². The standard InChI is InChI=1S/C33H50O9/c1-37-32(36)33(41-30-14-6-9-23-39-30,42-31-15-7-10-24-40-31)21-20-26(34)17-18-28-25(16-19-29(28)35)11-5-8-22-38-27-12-3-2-4-13-27/h2-5,11-13,25-26,28-31,34-35H,6-10,14-24H2,1H3/b11-5+/t25-,26?,28+,29-,30?,31?,33?/m0/s1. The van der Waals surface area contributed by atoms with Gasteiger partial charge < -0.3 is 38.6 Å². The molecule has 0 bridgehead atoms. The van der Waals surface area contributed by atoms with Crippen LogP contribution in [0.25, 0.3) is 0 Å². The summed E-state index contributed by atoms with van der Waals surface area (Å²) in [6.07, 6.45) is 11.2. The lowest BCUT2D eigenvalue weighted by atomic mass is 9.88. The third kappa shape index (κ3) is 10.0. The van der Waals surface area contributed by atoms with E-state index in [-0.39, 0.29) is 30.8 Å². The quantitative estimate of drug-likeness (QED) is 0.115. The lowest BCUT2D eigenvalue weighted by molar-refractivity contribution is -0.353. The largest absolute Gasteiger partial charge is 0.493 e. The number of methoxy groups -OCH3 is 1. The number of hydrogen-bond acceptors (Lipinski definition) is 9. The molecule has 4 rings (SSSR count). The molecule has 2 heterocycles. The zero-order chi connectivity index (χ0) is 29.6. The number of allylic oxidation sites excluding steroid dienone is 1. The Hall–Kier alpha value is -2.01. The third-order valence-electron chi connectivity index (χ3n) is 8.58. The molecule has 0 radical (unpaired) electrons. The first-order valence-corrected chi connectivity index (χ1v) is 15.9. The summed E-state index contributed by atoms with van der Waals surface area (Å²) in [7, 11) is 1.31. The SMILES string of the molecule is COC(=O)C(CCC(O)CC[C@H]1[C@@H](O)CC[C@@H]1/C=C/CCOc1ccccc1)(OC1CCCCO1)OC1CCCCO1. The second-order valence-corrected chi connectivity index (χ2v) is 11.7. The molecule has 3 unspecified atom stereocenters. The number of ether oxygens (including phenoxy) is 6. The Balaban J connectivity index is 1.29. The molecule has 6 atom stereocenters. The van der Waals surface area contributed by atoms with Crippen molar-refractivity contribution in [2.75, 3.05) is 26.9 Å². The lowest BCUT2D eigenvalue weighted by Crippen LogP contribution is -2.52. The van der Waals surface area contributed by atoms with Crippen LogP contribution in [0.2, 0.25) is 0 Å². The van der Waals surface area contributed by atoms with E-state index in [1.807, 2.05) is 30.3 Å². The van der Waals surface area contributed by atoms with Gasteiger partial charge in [0.1, 0.15) is 5.75 Å². The molecule has 1 aromatic carbocycles. The van der Waals surface area contributed by atoms with E-state index in [1.165, 1.54) is 7.11 Å². The second kappa shape index (κ2) is 17.3. The van der Waals surface area contributed by atoms with E-state index in [0.29, 0.717) is 45.5 Å². The van der Waals surface area contributed by atoms with Crippen LogP contribution in [0.5, 0.6) is 5.75 Å². The minimum atomic E-state index is -1.72. The average Bonchev–Trinajstić information content (AvgIpc) is 3.38. The van der Waals surface area contributed by atoms with Gasteiger partial charge in [-0.1, -0.05) is 30.4 Å². The minimum absolute atomic E-state index is 0.0788. The van der Waals surface area contributed by atoms with Gasteiger partial charge >= 0.3 is 5.97 Å². The first-order chi connectivity index (χ1) is 20.5. The molecule has 9 heteroatoms. The molecule has 2 N–H and O–H groups in total. The topological polar surface area (TPSA) is 113 Å². The van der Waals surface area contributed by atoms with Crippen molar-refractivity contribution in [3.8, 4) is 5.75 Å². The van der Waals surface area contributed by atoms with Gasteiger partial charge in [0.15, 0.2) is 12.6 Å². The number of carbonyl (C=O) groups excluding carboxylic acids is 1. The number of rotatable bonds is 16. The number of para-hydroxylation sites is 1. The Kier molecular flexibility index (Phi) is 13.6. The summed E-state index contributed by atoms with van der Waals surface area (Å²) in [5, 5.41) is 21.7. The molecular weight excluding hydrogens is 540 g/mol. The number of aliphatic hydroxyl groups is 2. The van der Waals surface area contributed by atoms with Crippen molar-refractivity contribution in [1.82, 2.24) is 0 Å². The smallest absolute Gasteiger partial charge is 0.366 e. The van der Waals surface area contributed by atoms with Gasteiger partial charge in [-0.3, -0.25) is 0 Å². The van der Waals surface area contributed by atoms with E-state index in [4.69, 9.17) is 28.4 Å². The molecule has 1 aliphatic carbocycles. The van der Waals surface area contributed by atoms with E-state index in [1.54, 1.807) is 0 Å². The van der Waals surface area contributed by atoms with Gasteiger partial charge in [0.05, 0.1) is 25.9 Å². The first-order valence-electron chi connectivity index (χ1n) is 15.9. The fraction of sp³-hybridized carbons (Fsp3) is 0.727. The maximum absolute atomic E-state index is 13.2. The molecule has 3 aliphatic rings. The monoisotopic (exact) mass is 590 g/mol. The van der Waals surface area contributed by atoms with Crippen LogP contribution >= 0.6 is 0 Å². The number of benzene rings is 1. The molecule has 2 aliphatic heterocycles. The molecule has 0 amide bonds. The van der Waals surface area contributed by atoms with E-state index in [0.717, 1.165) is 50.7 Å². The molecular formula is C33H50O9. The maximum Gasteiger partial charge on any atom is 0.366 e. The van der Waals surface area contributed by atoms with E-state index in [2.05, 4.69) is 12.2 Å². The van der Waals surface area contributed by atoms with Gasteiger partial charge in [-0.2, -0.15) is 0 Å². The molecule has 42 heavy (non-hydrogen) atoms. The minimum Gasteiger partial charge on any atom is -0.493 e. The molecule has 1 saturated carbocycles. The number of carbonyl (C=O) groups is 1. The normalized spacial score (nSPS) is 28.8. The summed E-state index contributed by atoms with van der Waals surface area (Å²) < 4.78 is 34.9.